The molecule has 6 atom stereocenters. The molecule has 4 aliphatic carbocycles. The quantitative estimate of drug-likeness (QED) is 0.370. The third-order valence-corrected chi connectivity index (χ3v) is 10.9. The van der Waals surface area contributed by atoms with Crippen molar-refractivity contribution < 1.29 is 14.3 Å². The fourth-order valence-corrected chi connectivity index (χ4v) is 9.21. The first-order valence-corrected chi connectivity index (χ1v) is 14.2. The molecule has 0 heterocycles. The standard InChI is InChI=1S/C34H42O3/c1-24-19-33-22-32(24,4)18-15-27(33)34(23-36-20-25-11-7-5-8-12-25)28(37-21-26-13-9-6-10-14-26)16-17-31(2,3)29(34)30(33)35/h5-14,27-29H,1,15-23H2,2-4H3/t27-,28-,29-,32+,33-,34-/m0/s1. The van der Waals surface area contributed by atoms with Crippen molar-refractivity contribution in [3.63, 3.8) is 0 Å². The van der Waals surface area contributed by atoms with Gasteiger partial charge in [0.05, 0.1) is 25.9 Å². The lowest BCUT2D eigenvalue weighted by atomic mass is 9.52. The molecule has 4 aliphatic rings. The summed E-state index contributed by atoms with van der Waals surface area (Å²) in [5.41, 5.74) is 3.06. The van der Waals surface area contributed by atoms with Crippen LogP contribution in [-0.4, -0.2) is 18.5 Å². The van der Waals surface area contributed by atoms with E-state index in [0.29, 0.717) is 25.6 Å². The Morgan fingerprint density at radius 1 is 0.892 bits per heavy atom. The number of ketones is 1. The molecule has 2 aromatic rings. The van der Waals surface area contributed by atoms with Gasteiger partial charge in [0.25, 0.3) is 0 Å². The lowest BCUT2D eigenvalue weighted by molar-refractivity contribution is -0.187. The lowest BCUT2D eigenvalue weighted by Gasteiger charge is -2.55. The number of hydrogen-bond donors (Lipinski definition) is 0. The van der Waals surface area contributed by atoms with Crippen molar-refractivity contribution in [3.05, 3.63) is 83.9 Å². The number of allylic oxidation sites excluding steroid dienone is 1. The summed E-state index contributed by atoms with van der Waals surface area (Å²) in [6.07, 6.45) is 5.98. The zero-order valence-electron chi connectivity index (χ0n) is 22.8. The van der Waals surface area contributed by atoms with Gasteiger partial charge in [-0.15, -0.1) is 0 Å². The Kier molecular flexibility index (Phi) is 6.04. The minimum absolute atomic E-state index is 0.00745. The largest absolute Gasteiger partial charge is 0.376 e. The fourth-order valence-electron chi connectivity index (χ4n) is 9.21. The summed E-state index contributed by atoms with van der Waals surface area (Å²) in [4.78, 5) is 14.8. The highest BCUT2D eigenvalue weighted by Gasteiger charge is 2.77. The maximum absolute atomic E-state index is 14.8. The van der Waals surface area contributed by atoms with Crippen LogP contribution in [0.3, 0.4) is 0 Å². The van der Waals surface area contributed by atoms with E-state index >= 15 is 0 Å². The molecule has 6 rings (SSSR count). The van der Waals surface area contributed by atoms with E-state index in [9.17, 15) is 4.79 Å². The van der Waals surface area contributed by atoms with Crippen molar-refractivity contribution in [2.75, 3.05) is 6.61 Å². The summed E-state index contributed by atoms with van der Waals surface area (Å²) in [6.45, 7) is 13.2. The summed E-state index contributed by atoms with van der Waals surface area (Å²) >= 11 is 0. The van der Waals surface area contributed by atoms with E-state index in [0.717, 1.165) is 38.5 Å². The molecule has 2 bridgehead atoms. The van der Waals surface area contributed by atoms with Gasteiger partial charge < -0.3 is 9.47 Å². The van der Waals surface area contributed by atoms with E-state index in [1.807, 2.05) is 12.1 Å². The minimum Gasteiger partial charge on any atom is -0.376 e. The van der Waals surface area contributed by atoms with Gasteiger partial charge in [-0.05, 0) is 66.4 Å². The van der Waals surface area contributed by atoms with Gasteiger partial charge in [-0.3, -0.25) is 4.79 Å². The maximum Gasteiger partial charge on any atom is 0.144 e. The van der Waals surface area contributed by atoms with Gasteiger partial charge >= 0.3 is 0 Å². The second-order valence-corrected chi connectivity index (χ2v) is 13.5. The van der Waals surface area contributed by atoms with Crippen molar-refractivity contribution in [2.45, 2.75) is 78.6 Å². The Hall–Kier alpha value is -2.23. The number of hydrogen-bond acceptors (Lipinski definition) is 3. The number of rotatable bonds is 7. The third kappa shape index (κ3) is 3.80. The predicted molar refractivity (Wildman–Crippen MR) is 147 cm³/mol. The third-order valence-electron chi connectivity index (χ3n) is 10.9. The Labute approximate surface area is 222 Å². The molecule has 0 aliphatic heterocycles. The Morgan fingerprint density at radius 2 is 1.54 bits per heavy atom. The maximum atomic E-state index is 14.8. The topological polar surface area (TPSA) is 35.5 Å². The van der Waals surface area contributed by atoms with Crippen LogP contribution in [0.2, 0.25) is 0 Å². The average Bonchev–Trinajstić information content (AvgIpc) is 3.22. The van der Waals surface area contributed by atoms with Crippen LogP contribution in [0.5, 0.6) is 0 Å². The summed E-state index contributed by atoms with van der Waals surface area (Å²) < 4.78 is 13.5. The number of carbonyl (C=O) groups is 1. The molecule has 4 saturated carbocycles. The number of benzene rings is 2. The number of Topliss-reactive ketones (excluding diaryl/α,β-unsaturated/α-hetero) is 1. The van der Waals surface area contributed by atoms with Crippen molar-refractivity contribution >= 4 is 5.78 Å². The number of ether oxygens (including phenoxy) is 2. The van der Waals surface area contributed by atoms with E-state index in [-0.39, 0.29) is 39.6 Å². The molecular weight excluding hydrogens is 456 g/mol. The number of carbonyl (C=O) groups excluding carboxylic acids is 1. The van der Waals surface area contributed by atoms with Gasteiger partial charge in [0.2, 0.25) is 0 Å². The molecule has 0 saturated heterocycles. The monoisotopic (exact) mass is 498 g/mol. The Bertz CT molecular complexity index is 1170. The summed E-state index contributed by atoms with van der Waals surface area (Å²) in [6, 6.07) is 20.9. The van der Waals surface area contributed by atoms with Gasteiger partial charge in [-0.2, -0.15) is 0 Å². The van der Waals surface area contributed by atoms with E-state index in [1.54, 1.807) is 0 Å². The SMILES string of the molecule is C=C1C[C@]23C[C@@]1(C)CC[C@@H]2[C@@]1(COCc2ccccc2)[C@@H](OCc2ccccc2)CCC(C)(C)[C@@H]1C3=O. The molecule has 0 radical (unpaired) electrons. The van der Waals surface area contributed by atoms with E-state index in [4.69, 9.17) is 9.47 Å². The fraction of sp³-hybridized carbons (Fsp3) is 0.559. The molecular formula is C34H42O3. The molecule has 2 aromatic carbocycles. The van der Waals surface area contributed by atoms with E-state index in [2.05, 4.69) is 75.9 Å². The summed E-state index contributed by atoms with van der Waals surface area (Å²) in [5.74, 6) is 0.716. The van der Waals surface area contributed by atoms with Gasteiger partial charge in [0.1, 0.15) is 5.78 Å². The normalized spacial score (nSPS) is 37.9. The molecule has 37 heavy (non-hydrogen) atoms. The molecule has 1 spiro atoms. The molecule has 0 unspecified atom stereocenters. The van der Waals surface area contributed by atoms with Crippen molar-refractivity contribution in [2.24, 2.45) is 33.5 Å². The van der Waals surface area contributed by atoms with Crippen LogP contribution in [-0.2, 0) is 27.5 Å². The van der Waals surface area contributed by atoms with Crippen molar-refractivity contribution in [3.8, 4) is 0 Å². The first-order valence-electron chi connectivity index (χ1n) is 14.2. The van der Waals surface area contributed by atoms with Crippen LogP contribution in [0.1, 0.15) is 70.4 Å². The molecule has 196 valence electrons. The second-order valence-electron chi connectivity index (χ2n) is 13.5. The molecule has 0 N–H and O–H groups in total. The Morgan fingerprint density at radius 3 is 2.22 bits per heavy atom. The zero-order valence-corrected chi connectivity index (χ0v) is 22.8. The van der Waals surface area contributed by atoms with Crippen LogP contribution < -0.4 is 0 Å². The summed E-state index contributed by atoms with van der Waals surface area (Å²) in [5, 5.41) is 0. The van der Waals surface area contributed by atoms with Gasteiger partial charge in [0.15, 0.2) is 0 Å². The van der Waals surface area contributed by atoms with Gasteiger partial charge in [-0.1, -0.05) is 93.6 Å². The second kappa shape index (κ2) is 8.92. The van der Waals surface area contributed by atoms with Crippen molar-refractivity contribution in [1.29, 1.82) is 0 Å². The first kappa shape index (κ1) is 25.1. The highest BCUT2D eigenvalue weighted by Crippen LogP contribution is 2.76. The van der Waals surface area contributed by atoms with Crippen LogP contribution >= 0.6 is 0 Å². The van der Waals surface area contributed by atoms with Crippen LogP contribution in [0, 0.1) is 33.5 Å². The first-order chi connectivity index (χ1) is 17.7. The molecule has 3 nitrogen and oxygen atoms in total. The van der Waals surface area contributed by atoms with Crippen LogP contribution in [0.4, 0.5) is 0 Å². The number of fused-ring (bicyclic) bond motifs is 3. The average molecular weight is 499 g/mol. The molecule has 0 aromatic heterocycles. The minimum atomic E-state index is -0.311. The van der Waals surface area contributed by atoms with Gasteiger partial charge in [0, 0.05) is 16.7 Å². The lowest BCUT2D eigenvalue weighted by Crippen LogP contribution is -2.57. The van der Waals surface area contributed by atoms with Crippen molar-refractivity contribution in [1.82, 2.24) is 0 Å². The molecule has 3 heteroatoms. The zero-order chi connectivity index (χ0) is 25.9. The molecule has 4 fully saturated rings. The summed E-state index contributed by atoms with van der Waals surface area (Å²) in [7, 11) is 0. The van der Waals surface area contributed by atoms with Crippen LogP contribution in [0.25, 0.3) is 0 Å². The van der Waals surface area contributed by atoms with Crippen LogP contribution in [0.15, 0.2) is 72.8 Å². The highest BCUT2D eigenvalue weighted by atomic mass is 16.5. The molecule has 0 amide bonds. The predicted octanol–water partition coefficient (Wildman–Crippen LogP) is 7.55. The van der Waals surface area contributed by atoms with Gasteiger partial charge in [-0.25, -0.2) is 0 Å². The highest BCUT2D eigenvalue weighted by molar-refractivity contribution is 5.93. The van der Waals surface area contributed by atoms with E-state index < -0.39 is 0 Å². The smallest absolute Gasteiger partial charge is 0.144 e. The Balaban J connectivity index is 1.40. The van der Waals surface area contributed by atoms with E-state index in [1.165, 1.54) is 16.7 Å².